The van der Waals surface area contributed by atoms with Crippen LogP contribution in [0.1, 0.15) is 0 Å². The van der Waals surface area contributed by atoms with Crippen LogP contribution in [0, 0.1) is 0 Å². The molecule has 1 aromatic carbocycles. The van der Waals surface area contributed by atoms with E-state index in [9.17, 15) is 8.42 Å². The molecule has 0 spiro atoms. The second kappa shape index (κ2) is 4.75. The molecule has 0 aliphatic carbocycles. The molecule has 0 fully saturated rings. The zero-order valence-electron chi connectivity index (χ0n) is 10.2. The number of benzene rings is 1. The monoisotopic (exact) mass is 302 g/mol. The molecule has 6 nitrogen and oxygen atoms in total. The largest absolute Gasteiger partial charge is 0.494 e. The number of hydrogen-bond donors (Lipinski definition) is 1. The van der Waals surface area contributed by atoms with Gasteiger partial charge < -0.3 is 15.0 Å². The van der Waals surface area contributed by atoms with Gasteiger partial charge in [0.2, 0.25) is 0 Å². The van der Waals surface area contributed by atoms with Gasteiger partial charge in [0.25, 0.3) is 0 Å². The Hall–Kier alpha value is -1.73. The predicted octanol–water partition coefficient (Wildman–Crippen LogP) is 1.99. The van der Waals surface area contributed by atoms with Crippen LogP contribution in [0.15, 0.2) is 27.6 Å². The van der Waals surface area contributed by atoms with Crippen LogP contribution in [0.4, 0.5) is 5.82 Å². The number of halogens is 1. The van der Waals surface area contributed by atoms with Gasteiger partial charge in [-0.25, -0.2) is 8.42 Å². The molecular formula is C11H11ClN2O4S. The topological polar surface area (TPSA) is 95.4 Å². The van der Waals surface area contributed by atoms with Gasteiger partial charge in [-0.3, -0.25) is 0 Å². The lowest BCUT2D eigenvalue weighted by atomic mass is 10.1. The van der Waals surface area contributed by atoms with Crippen molar-refractivity contribution in [2.75, 3.05) is 19.1 Å². The van der Waals surface area contributed by atoms with E-state index in [2.05, 4.69) is 5.16 Å². The van der Waals surface area contributed by atoms with Gasteiger partial charge in [-0.15, -0.1) is 0 Å². The van der Waals surface area contributed by atoms with Crippen molar-refractivity contribution in [1.82, 2.24) is 5.16 Å². The van der Waals surface area contributed by atoms with Crippen molar-refractivity contribution < 1.29 is 17.7 Å². The smallest absolute Gasteiger partial charge is 0.179 e. The zero-order valence-corrected chi connectivity index (χ0v) is 11.7. The molecule has 0 aliphatic heterocycles. The van der Waals surface area contributed by atoms with Crippen LogP contribution in [0.3, 0.4) is 0 Å². The minimum atomic E-state index is -3.49. The fourth-order valence-electron chi connectivity index (χ4n) is 1.61. The molecule has 0 bridgehead atoms. The molecule has 0 aliphatic rings. The molecule has 1 heterocycles. The summed E-state index contributed by atoms with van der Waals surface area (Å²) >= 11 is 6.01. The van der Waals surface area contributed by atoms with Crippen LogP contribution in [-0.4, -0.2) is 26.9 Å². The quantitative estimate of drug-likeness (QED) is 0.931. The molecule has 102 valence electrons. The van der Waals surface area contributed by atoms with Crippen LogP contribution in [0.2, 0.25) is 5.02 Å². The summed E-state index contributed by atoms with van der Waals surface area (Å²) in [7, 11) is -2.15. The summed E-state index contributed by atoms with van der Waals surface area (Å²) in [6.07, 6.45) is 1.07. The number of sulfone groups is 1. The molecule has 8 heteroatoms. The van der Waals surface area contributed by atoms with E-state index in [1.54, 1.807) is 0 Å². The van der Waals surface area contributed by atoms with E-state index in [0.717, 1.165) is 6.26 Å². The van der Waals surface area contributed by atoms with Crippen LogP contribution >= 0.6 is 11.6 Å². The molecule has 2 aromatic rings. The Morgan fingerprint density at radius 3 is 2.53 bits per heavy atom. The Balaban J connectivity index is 2.70. The Bertz CT molecular complexity index is 724. The van der Waals surface area contributed by atoms with Gasteiger partial charge in [0.05, 0.1) is 12.1 Å². The molecule has 2 N–H and O–H groups in total. The van der Waals surface area contributed by atoms with Crippen LogP contribution in [0.5, 0.6) is 5.75 Å². The summed E-state index contributed by atoms with van der Waals surface area (Å²) in [6, 6.07) is 4.40. The molecule has 1 aromatic heterocycles. The van der Waals surface area contributed by atoms with E-state index in [1.165, 1.54) is 25.3 Å². The van der Waals surface area contributed by atoms with Crippen LogP contribution in [-0.2, 0) is 9.84 Å². The Morgan fingerprint density at radius 2 is 2.05 bits per heavy atom. The first-order valence-corrected chi connectivity index (χ1v) is 7.40. The van der Waals surface area contributed by atoms with E-state index in [0.29, 0.717) is 11.3 Å². The van der Waals surface area contributed by atoms with E-state index in [1.807, 2.05) is 0 Å². The highest BCUT2D eigenvalue weighted by atomic mass is 35.5. The molecule has 0 radical (unpaired) electrons. The molecule has 2 rings (SSSR count). The van der Waals surface area contributed by atoms with Gasteiger partial charge in [-0.1, -0.05) is 16.8 Å². The minimum Gasteiger partial charge on any atom is -0.494 e. The first-order chi connectivity index (χ1) is 8.82. The van der Waals surface area contributed by atoms with Crippen molar-refractivity contribution in [2.24, 2.45) is 0 Å². The van der Waals surface area contributed by atoms with E-state index >= 15 is 0 Å². The third-order valence-corrected chi connectivity index (χ3v) is 3.81. The van der Waals surface area contributed by atoms with E-state index < -0.39 is 9.84 Å². The molecule has 0 saturated carbocycles. The minimum absolute atomic E-state index is 0.0209. The summed E-state index contributed by atoms with van der Waals surface area (Å²) in [5, 5.41) is 3.70. The van der Waals surface area contributed by atoms with Gasteiger partial charge in [0, 0.05) is 17.9 Å². The van der Waals surface area contributed by atoms with Crippen molar-refractivity contribution >= 4 is 27.3 Å². The SMILES string of the molecule is COc1c(Cl)cc(-c2cc(N)no2)cc1S(C)(=O)=O. The predicted molar refractivity (Wildman–Crippen MR) is 71.0 cm³/mol. The highest BCUT2D eigenvalue weighted by molar-refractivity contribution is 7.90. The van der Waals surface area contributed by atoms with Crippen molar-refractivity contribution in [3.05, 3.63) is 23.2 Å². The first kappa shape index (κ1) is 13.7. The van der Waals surface area contributed by atoms with Crippen LogP contribution < -0.4 is 10.5 Å². The zero-order chi connectivity index (χ0) is 14.2. The van der Waals surface area contributed by atoms with Gasteiger partial charge in [-0.05, 0) is 12.1 Å². The molecule has 0 unspecified atom stereocenters. The van der Waals surface area contributed by atoms with Crippen molar-refractivity contribution in [1.29, 1.82) is 0 Å². The summed E-state index contributed by atoms with van der Waals surface area (Å²) in [6.45, 7) is 0. The van der Waals surface area contributed by atoms with Gasteiger partial charge in [0.15, 0.2) is 27.2 Å². The number of ether oxygens (including phenoxy) is 1. The number of nitrogens with two attached hydrogens (primary N) is 1. The third kappa shape index (κ3) is 2.66. The Morgan fingerprint density at radius 1 is 1.37 bits per heavy atom. The second-order valence-corrected chi connectivity index (χ2v) is 6.27. The molecule has 0 saturated heterocycles. The number of rotatable bonds is 3. The average Bonchev–Trinajstić information content (AvgIpc) is 2.73. The number of nitrogen functional groups attached to an aromatic ring is 1. The number of aromatic nitrogens is 1. The Labute approximate surface area is 115 Å². The molecule has 0 atom stereocenters. The highest BCUT2D eigenvalue weighted by Gasteiger charge is 2.20. The van der Waals surface area contributed by atoms with Gasteiger partial charge in [0.1, 0.15) is 4.90 Å². The lowest BCUT2D eigenvalue weighted by Gasteiger charge is -2.10. The molecule has 19 heavy (non-hydrogen) atoms. The molecule has 0 amide bonds. The maximum Gasteiger partial charge on any atom is 0.179 e. The summed E-state index contributed by atoms with van der Waals surface area (Å²) in [4.78, 5) is -0.0209. The van der Waals surface area contributed by atoms with Crippen molar-refractivity contribution in [3.8, 4) is 17.1 Å². The van der Waals surface area contributed by atoms with E-state index in [-0.39, 0.29) is 21.5 Å². The number of hydrogen-bond acceptors (Lipinski definition) is 6. The first-order valence-electron chi connectivity index (χ1n) is 5.13. The van der Waals surface area contributed by atoms with Crippen molar-refractivity contribution in [3.63, 3.8) is 0 Å². The normalized spacial score (nSPS) is 11.5. The van der Waals surface area contributed by atoms with Gasteiger partial charge >= 0.3 is 0 Å². The maximum absolute atomic E-state index is 11.7. The standard InChI is InChI=1S/C11H11ClN2O4S/c1-17-11-7(12)3-6(4-9(11)19(2,15)16)8-5-10(13)14-18-8/h3-5H,1-2H3,(H2,13,14). The number of nitrogens with zero attached hydrogens (tertiary/aromatic N) is 1. The second-order valence-electron chi connectivity index (χ2n) is 3.88. The third-order valence-electron chi connectivity index (χ3n) is 2.43. The number of methoxy groups -OCH3 is 1. The lowest BCUT2D eigenvalue weighted by molar-refractivity contribution is 0.403. The fourth-order valence-corrected chi connectivity index (χ4v) is 2.83. The summed E-state index contributed by atoms with van der Waals surface area (Å²) in [5.41, 5.74) is 5.91. The van der Waals surface area contributed by atoms with Crippen molar-refractivity contribution in [2.45, 2.75) is 4.90 Å². The number of anilines is 1. The highest BCUT2D eigenvalue weighted by Crippen LogP contribution is 2.37. The van der Waals surface area contributed by atoms with Crippen LogP contribution in [0.25, 0.3) is 11.3 Å². The Kier molecular flexibility index (Phi) is 3.42. The maximum atomic E-state index is 11.7. The van der Waals surface area contributed by atoms with E-state index in [4.69, 9.17) is 26.6 Å². The molecular weight excluding hydrogens is 292 g/mol. The summed E-state index contributed by atoms with van der Waals surface area (Å²) in [5.74, 6) is 0.621. The average molecular weight is 303 g/mol. The summed E-state index contributed by atoms with van der Waals surface area (Å²) < 4.78 is 33.5. The lowest BCUT2D eigenvalue weighted by Crippen LogP contribution is -2.01. The fraction of sp³-hybridized carbons (Fsp3) is 0.182. The van der Waals surface area contributed by atoms with Gasteiger partial charge in [-0.2, -0.15) is 0 Å².